The van der Waals surface area contributed by atoms with Gasteiger partial charge in [-0.3, -0.25) is 9.69 Å². The Bertz CT molecular complexity index is 440. The van der Waals surface area contributed by atoms with E-state index in [1.165, 1.54) is 0 Å². The smallest absolute Gasteiger partial charge is 0.230 e. The van der Waals surface area contributed by atoms with Gasteiger partial charge in [-0.15, -0.1) is 11.8 Å². The van der Waals surface area contributed by atoms with Gasteiger partial charge in [0.2, 0.25) is 5.91 Å². The maximum atomic E-state index is 11.8. The number of nitrogens with zero attached hydrogens (tertiary/aromatic N) is 1. The maximum Gasteiger partial charge on any atom is 0.230 e. The molecule has 1 aromatic rings. The van der Waals surface area contributed by atoms with Crippen LogP contribution in [-0.2, 0) is 10.5 Å². The van der Waals surface area contributed by atoms with Crippen LogP contribution >= 0.6 is 23.4 Å². The summed E-state index contributed by atoms with van der Waals surface area (Å²) >= 11 is 7.54. The van der Waals surface area contributed by atoms with Crippen LogP contribution in [0.1, 0.15) is 26.3 Å². The molecule has 0 radical (unpaired) electrons. The standard InChI is InChI=1S/C16H25ClN2OS/c1-4-19(13(2)3)9-8-18-16(20)12-21-11-14-6-5-7-15(17)10-14/h5-7,10,13H,4,8-9,11-12H2,1-3H3,(H,18,20). The Balaban J connectivity index is 2.17. The van der Waals surface area contributed by atoms with E-state index in [1.807, 2.05) is 24.3 Å². The van der Waals surface area contributed by atoms with Gasteiger partial charge < -0.3 is 5.32 Å². The third-order valence-electron chi connectivity index (χ3n) is 3.25. The van der Waals surface area contributed by atoms with Gasteiger partial charge in [0.05, 0.1) is 5.75 Å². The molecule has 0 bridgehead atoms. The number of carbonyl (C=O) groups excluding carboxylic acids is 1. The van der Waals surface area contributed by atoms with Gasteiger partial charge in [0.1, 0.15) is 0 Å². The zero-order valence-electron chi connectivity index (χ0n) is 13.1. The third kappa shape index (κ3) is 7.74. The fourth-order valence-corrected chi connectivity index (χ4v) is 3.08. The fraction of sp³-hybridized carbons (Fsp3) is 0.562. The summed E-state index contributed by atoms with van der Waals surface area (Å²) in [6, 6.07) is 8.27. The van der Waals surface area contributed by atoms with Crippen molar-refractivity contribution < 1.29 is 4.79 Å². The summed E-state index contributed by atoms with van der Waals surface area (Å²) < 4.78 is 0. The summed E-state index contributed by atoms with van der Waals surface area (Å²) in [6.07, 6.45) is 0. The number of benzene rings is 1. The Kier molecular flexibility index (Phi) is 8.81. The Morgan fingerprint density at radius 3 is 2.81 bits per heavy atom. The van der Waals surface area contributed by atoms with Crippen LogP contribution in [0.15, 0.2) is 24.3 Å². The van der Waals surface area contributed by atoms with E-state index in [-0.39, 0.29) is 5.91 Å². The van der Waals surface area contributed by atoms with E-state index in [4.69, 9.17) is 11.6 Å². The number of thioether (sulfide) groups is 1. The van der Waals surface area contributed by atoms with Crippen LogP contribution in [0.25, 0.3) is 0 Å². The Morgan fingerprint density at radius 1 is 1.43 bits per heavy atom. The molecule has 0 saturated carbocycles. The van der Waals surface area contributed by atoms with Gasteiger partial charge in [0.15, 0.2) is 0 Å². The monoisotopic (exact) mass is 328 g/mol. The lowest BCUT2D eigenvalue weighted by molar-refractivity contribution is -0.118. The molecule has 0 aromatic heterocycles. The molecule has 0 heterocycles. The molecule has 3 nitrogen and oxygen atoms in total. The van der Waals surface area contributed by atoms with Crippen LogP contribution in [0.4, 0.5) is 0 Å². The molecule has 0 aliphatic carbocycles. The highest BCUT2D eigenvalue weighted by molar-refractivity contribution is 7.99. The molecule has 1 rings (SSSR count). The number of nitrogens with one attached hydrogen (secondary N) is 1. The largest absolute Gasteiger partial charge is 0.354 e. The van der Waals surface area contributed by atoms with Crippen LogP contribution in [0.5, 0.6) is 0 Å². The van der Waals surface area contributed by atoms with Gasteiger partial charge in [-0.2, -0.15) is 0 Å². The van der Waals surface area contributed by atoms with Crippen molar-refractivity contribution in [2.75, 3.05) is 25.4 Å². The molecule has 0 unspecified atom stereocenters. The molecule has 5 heteroatoms. The first kappa shape index (κ1) is 18.3. The average Bonchev–Trinajstić information content (AvgIpc) is 2.43. The second-order valence-electron chi connectivity index (χ2n) is 5.20. The van der Waals surface area contributed by atoms with E-state index in [2.05, 4.69) is 31.0 Å². The van der Waals surface area contributed by atoms with E-state index in [9.17, 15) is 4.79 Å². The van der Waals surface area contributed by atoms with E-state index < -0.39 is 0 Å². The molecular formula is C16H25ClN2OS. The predicted octanol–water partition coefficient (Wildman–Crippen LogP) is 3.42. The van der Waals surface area contributed by atoms with Gasteiger partial charge in [0, 0.05) is 29.9 Å². The summed E-state index contributed by atoms with van der Waals surface area (Å²) in [6.45, 7) is 9.11. The number of carbonyl (C=O) groups is 1. The summed E-state index contributed by atoms with van der Waals surface area (Å²) in [5, 5.41) is 3.71. The van der Waals surface area contributed by atoms with Gasteiger partial charge in [-0.1, -0.05) is 30.7 Å². The fourth-order valence-electron chi connectivity index (χ4n) is 2.06. The summed E-state index contributed by atoms with van der Waals surface area (Å²) in [7, 11) is 0. The molecule has 0 aliphatic rings. The van der Waals surface area contributed by atoms with Crippen LogP contribution in [0.3, 0.4) is 0 Å². The van der Waals surface area contributed by atoms with E-state index in [0.29, 0.717) is 18.3 Å². The molecule has 21 heavy (non-hydrogen) atoms. The predicted molar refractivity (Wildman–Crippen MR) is 93.0 cm³/mol. The lowest BCUT2D eigenvalue weighted by Gasteiger charge is -2.24. The van der Waals surface area contributed by atoms with Gasteiger partial charge in [0.25, 0.3) is 0 Å². The van der Waals surface area contributed by atoms with Crippen molar-refractivity contribution in [2.24, 2.45) is 0 Å². The Labute approximate surface area is 137 Å². The summed E-state index contributed by atoms with van der Waals surface area (Å²) in [5.41, 5.74) is 1.15. The van der Waals surface area contributed by atoms with Crippen LogP contribution < -0.4 is 5.32 Å². The minimum atomic E-state index is 0.0989. The molecule has 0 spiro atoms. The van der Waals surface area contributed by atoms with Crippen molar-refractivity contribution in [1.29, 1.82) is 0 Å². The van der Waals surface area contributed by atoms with Crippen LogP contribution in [0.2, 0.25) is 5.02 Å². The van der Waals surface area contributed by atoms with Crippen molar-refractivity contribution in [1.82, 2.24) is 10.2 Å². The highest BCUT2D eigenvalue weighted by Gasteiger charge is 2.07. The van der Waals surface area contributed by atoms with E-state index in [0.717, 1.165) is 29.4 Å². The highest BCUT2D eigenvalue weighted by atomic mass is 35.5. The first-order valence-electron chi connectivity index (χ1n) is 7.35. The second kappa shape index (κ2) is 10.1. The maximum absolute atomic E-state index is 11.8. The molecule has 1 N–H and O–H groups in total. The van der Waals surface area contributed by atoms with Crippen molar-refractivity contribution in [3.63, 3.8) is 0 Å². The number of likely N-dealkylation sites (N-methyl/N-ethyl adjacent to an activating group) is 1. The van der Waals surface area contributed by atoms with Crippen LogP contribution in [0, 0.1) is 0 Å². The molecule has 1 aromatic carbocycles. The molecule has 1 amide bonds. The Hall–Kier alpha value is -0.710. The topological polar surface area (TPSA) is 32.3 Å². The van der Waals surface area contributed by atoms with E-state index >= 15 is 0 Å². The lowest BCUT2D eigenvalue weighted by atomic mass is 10.2. The van der Waals surface area contributed by atoms with Crippen molar-refractivity contribution >= 4 is 29.3 Å². The number of amides is 1. The average molecular weight is 329 g/mol. The normalized spacial score (nSPS) is 11.1. The first-order chi connectivity index (χ1) is 10.0. The summed E-state index contributed by atoms with van der Waals surface area (Å²) in [4.78, 5) is 14.1. The SMILES string of the molecule is CCN(CCNC(=O)CSCc1cccc(Cl)c1)C(C)C. The van der Waals surface area contributed by atoms with Gasteiger partial charge in [-0.05, 0) is 38.1 Å². The number of hydrogen-bond acceptors (Lipinski definition) is 3. The molecule has 0 atom stereocenters. The van der Waals surface area contributed by atoms with Gasteiger partial charge >= 0.3 is 0 Å². The molecule has 118 valence electrons. The zero-order valence-corrected chi connectivity index (χ0v) is 14.6. The lowest BCUT2D eigenvalue weighted by Crippen LogP contribution is -2.38. The third-order valence-corrected chi connectivity index (χ3v) is 4.49. The minimum absolute atomic E-state index is 0.0989. The van der Waals surface area contributed by atoms with Crippen molar-refractivity contribution in [3.05, 3.63) is 34.9 Å². The quantitative estimate of drug-likeness (QED) is 0.754. The van der Waals surface area contributed by atoms with Crippen molar-refractivity contribution in [2.45, 2.75) is 32.6 Å². The molecule has 0 fully saturated rings. The number of halogens is 1. The number of hydrogen-bond donors (Lipinski definition) is 1. The zero-order chi connectivity index (χ0) is 15.7. The van der Waals surface area contributed by atoms with E-state index in [1.54, 1.807) is 11.8 Å². The first-order valence-corrected chi connectivity index (χ1v) is 8.89. The number of rotatable bonds is 9. The summed E-state index contributed by atoms with van der Waals surface area (Å²) in [5.74, 6) is 1.39. The van der Waals surface area contributed by atoms with Crippen LogP contribution in [-0.4, -0.2) is 42.2 Å². The van der Waals surface area contributed by atoms with Crippen molar-refractivity contribution in [3.8, 4) is 0 Å². The minimum Gasteiger partial charge on any atom is -0.354 e. The molecule has 0 saturated heterocycles. The second-order valence-corrected chi connectivity index (χ2v) is 6.62. The Morgan fingerprint density at radius 2 is 2.19 bits per heavy atom. The highest BCUT2D eigenvalue weighted by Crippen LogP contribution is 2.16. The molecule has 0 aliphatic heterocycles. The van der Waals surface area contributed by atoms with Gasteiger partial charge in [-0.25, -0.2) is 0 Å². The molecular weight excluding hydrogens is 304 g/mol.